The van der Waals surface area contributed by atoms with E-state index < -0.39 is 0 Å². The SMILES string of the molecule is Cc1ccc(-n2nc(C#N)c(N3CCN(c4ccccc4)CC3)n2)cc1. The van der Waals surface area contributed by atoms with Gasteiger partial charge in [0.25, 0.3) is 0 Å². The van der Waals surface area contributed by atoms with Crippen molar-refractivity contribution in [3.8, 4) is 11.8 Å². The molecule has 0 unspecified atom stereocenters. The monoisotopic (exact) mass is 344 g/mol. The molecule has 0 amide bonds. The molecule has 1 aromatic heterocycles. The standard InChI is InChI=1S/C20H20N6/c1-16-7-9-18(10-8-16)26-22-19(15-21)20(23-26)25-13-11-24(12-14-25)17-5-3-2-4-6-17/h2-10H,11-14H2,1H3. The van der Waals surface area contributed by atoms with Gasteiger partial charge < -0.3 is 9.80 Å². The summed E-state index contributed by atoms with van der Waals surface area (Å²) >= 11 is 0. The van der Waals surface area contributed by atoms with Gasteiger partial charge in [-0.2, -0.15) is 5.26 Å². The predicted octanol–water partition coefficient (Wildman–Crippen LogP) is 2.77. The quantitative estimate of drug-likeness (QED) is 0.731. The van der Waals surface area contributed by atoms with Gasteiger partial charge in [-0.05, 0) is 31.2 Å². The number of aryl methyl sites for hydroxylation is 1. The molecule has 0 radical (unpaired) electrons. The number of nitriles is 1. The van der Waals surface area contributed by atoms with Crippen molar-refractivity contribution in [1.29, 1.82) is 5.26 Å². The van der Waals surface area contributed by atoms with E-state index >= 15 is 0 Å². The molecule has 1 fully saturated rings. The molecule has 1 aliphatic rings. The van der Waals surface area contributed by atoms with Crippen LogP contribution in [0.5, 0.6) is 0 Å². The lowest BCUT2D eigenvalue weighted by Crippen LogP contribution is -2.47. The Labute approximate surface area is 152 Å². The molecule has 4 rings (SSSR count). The van der Waals surface area contributed by atoms with Gasteiger partial charge in [0.2, 0.25) is 5.69 Å². The normalized spacial score (nSPS) is 14.3. The molecule has 6 nitrogen and oxygen atoms in total. The van der Waals surface area contributed by atoms with Crippen LogP contribution in [0.2, 0.25) is 0 Å². The molecule has 1 aliphatic heterocycles. The zero-order chi connectivity index (χ0) is 17.9. The van der Waals surface area contributed by atoms with E-state index in [0.717, 1.165) is 31.9 Å². The summed E-state index contributed by atoms with van der Waals surface area (Å²) in [4.78, 5) is 6.06. The molecule has 26 heavy (non-hydrogen) atoms. The summed E-state index contributed by atoms with van der Waals surface area (Å²) < 4.78 is 0. The smallest absolute Gasteiger partial charge is 0.207 e. The number of anilines is 2. The average molecular weight is 344 g/mol. The second-order valence-corrected chi connectivity index (χ2v) is 6.42. The number of rotatable bonds is 3. The molecule has 2 aromatic carbocycles. The third kappa shape index (κ3) is 3.11. The molecule has 6 heteroatoms. The Bertz CT molecular complexity index is 915. The van der Waals surface area contributed by atoms with Crippen molar-refractivity contribution < 1.29 is 0 Å². The fraction of sp³-hybridized carbons (Fsp3) is 0.250. The van der Waals surface area contributed by atoms with Crippen molar-refractivity contribution in [2.24, 2.45) is 0 Å². The van der Waals surface area contributed by atoms with Gasteiger partial charge in [-0.25, -0.2) is 0 Å². The van der Waals surface area contributed by atoms with Crippen LogP contribution < -0.4 is 9.80 Å². The maximum absolute atomic E-state index is 9.48. The van der Waals surface area contributed by atoms with E-state index in [1.165, 1.54) is 11.3 Å². The molecule has 1 saturated heterocycles. The lowest BCUT2D eigenvalue weighted by molar-refractivity contribution is 0.641. The zero-order valence-corrected chi connectivity index (χ0v) is 14.7. The number of benzene rings is 2. The topological polar surface area (TPSA) is 61.0 Å². The van der Waals surface area contributed by atoms with Crippen LogP contribution in [0.1, 0.15) is 11.3 Å². The molecule has 130 valence electrons. The first-order chi connectivity index (χ1) is 12.7. The number of nitrogens with zero attached hydrogens (tertiary/aromatic N) is 6. The minimum Gasteiger partial charge on any atom is -0.368 e. The minimum absolute atomic E-state index is 0.374. The van der Waals surface area contributed by atoms with Crippen LogP contribution >= 0.6 is 0 Å². The molecule has 0 N–H and O–H groups in total. The van der Waals surface area contributed by atoms with Gasteiger partial charge in [0.1, 0.15) is 6.07 Å². The van der Waals surface area contributed by atoms with Gasteiger partial charge >= 0.3 is 0 Å². The Kier molecular flexibility index (Phi) is 4.28. The first kappa shape index (κ1) is 16.2. The Morgan fingerprint density at radius 3 is 2.12 bits per heavy atom. The van der Waals surface area contributed by atoms with Crippen LogP contribution in [0.15, 0.2) is 54.6 Å². The summed E-state index contributed by atoms with van der Waals surface area (Å²) in [5.74, 6) is 0.667. The Morgan fingerprint density at radius 1 is 0.808 bits per heavy atom. The van der Waals surface area contributed by atoms with Gasteiger partial charge in [0, 0.05) is 31.9 Å². The largest absolute Gasteiger partial charge is 0.368 e. The summed E-state index contributed by atoms with van der Waals surface area (Å²) in [5.41, 5.74) is 3.65. The number of hydrogen-bond acceptors (Lipinski definition) is 5. The molecule has 0 atom stereocenters. The van der Waals surface area contributed by atoms with Crippen molar-refractivity contribution in [3.05, 3.63) is 65.9 Å². The summed E-state index contributed by atoms with van der Waals surface area (Å²) in [5, 5.41) is 18.4. The van der Waals surface area contributed by atoms with E-state index in [-0.39, 0.29) is 0 Å². The van der Waals surface area contributed by atoms with E-state index in [0.29, 0.717) is 11.5 Å². The van der Waals surface area contributed by atoms with Crippen LogP contribution in [0.25, 0.3) is 5.69 Å². The second kappa shape index (κ2) is 6.89. The van der Waals surface area contributed by atoms with E-state index in [9.17, 15) is 5.26 Å². The Morgan fingerprint density at radius 2 is 1.46 bits per heavy atom. The van der Waals surface area contributed by atoms with Crippen molar-refractivity contribution in [2.45, 2.75) is 6.92 Å². The first-order valence-corrected chi connectivity index (χ1v) is 8.74. The zero-order valence-electron chi connectivity index (χ0n) is 14.7. The molecule has 0 spiro atoms. The van der Waals surface area contributed by atoms with E-state index in [2.05, 4.69) is 50.3 Å². The summed E-state index contributed by atoms with van der Waals surface area (Å²) in [7, 11) is 0. The van der Waals surface area contributed by atoms with Crippen molar-refractivity contribution in [2.75, 3.05) is 36.0 Å². The lowest BCUT2D eigenvalue weighted by Gasteiger charge is -2.36. The minimum atomic E-state index is 0.374. The number of hydrogen-bond donors (Lipinski definition) is 0. The summed E-state index contributed by atoms with van der Waals surface area (Å²) in [6, 6.07) is 20.6. The van der Waals surface area contributed by atoms with E-state index in [1.807, 2.05) is 37.3 Å². The van der Waals surface area contributed by atoms with Gasteiger partial charge in [-0.3, -0.25) is 0 Å². The van der Waals surface area contributed by atoms with Gasteiger partial charge in [-0.1, -0.05) is 35.9 Å². The number of para-hydroxylation sites is 1. The van der Waals surface area contributed by atoms with E-state index in [1.54, 1.807) is 4.80 Å². The first-order valence-electron chi connectivity index (χ1n) is 8.74. The van der Waals surface area contributed by atoms with Crippen molar-refractivity contribution in [3.63, 3.8) is 0 Å². The highest BCUT2D eigenvalue weighted by Crippen LogP contribution is 2.22. The molecular weight excluding hydrogens is 324 g/mol. The maximum atomic E-state index is 9.48. The van der Waals surface area contributed by atoms with Gasteiger partial charge in [0.15, 0.2) is 5.82 Å². The third-order valence-electron chi connectivity index (χ3n) is 4.67. The predicted molar refractivity (Wildman–Crippen MR) is 102 cm³/mol. The summed E-state index contributed by atoms with van der Waals surface area (Å²) in [6.45, 7) is 5.46. The molecule has 0 bridgehead atoms. The van der Waals surface area contributed by atoms with Gasteiger partial charge in [0.05, 0.1) is 5.69 Å². The molecule has 2 heterocycles. The molecule has 3 aromatic rings. The van der Waals surface area contributed by atoms with Crippen LogP contribution in [-0.2, 0) is 0 Å². The van der Waals surface area contributed by atoms with Crippen LogP contribution in [-0.4, -0.2) is 41.2 Å². The molecule has 0 aliphatic carbocycles. The lowest BCUT2D eigenvalue weighted by atomic mass is 10.2. The van der Waals surface area contributed by atoms with Crippen molar-refractivity contribution >= 4 is 11.5 Å². The Hall–Kier alpha value is -3.33. The van der Waals surface area contributed by atoms with Gasteiger partial charge in [-0.15, -0.1) is 15.0 Å². The fourth-order valence-corrected chi connectivity index (χ4v) is 3.19. The van der Waals surface area contributed by atoms with E-state index in [4.69, 9.17) is 0 Å². The highest BCUT2D eigenvalue weighted by atomic mass is 15.5. The van der Waals surface area contributed by atoms with Crippen molar-refractivity contribution in [1.82, 2.24) is 15.0 Å². The number of piperazine rings is 1. The van der Waals surface area contributed by atoms with Crippen LogP contribution in [0, 0.1) is 18.3 Å². The second-order valence-electron chi connectivity index (χ2n) is 6.42. The average Bonchev–Trinajstić information content (AvgIpc) is 3.14. The third-order valence-corrected chi connectivity index (χ3v) is 4.67. The number of aromatic nitrogens is 3. The molecule has 0 saturated carbocycles. The summed E-state index contributed by atoms with van der Waals surface area (Å²) in [6.07, 6.45) is 0. The fourth-order valence-electron chi connectivity index (χ4n) is 3.19. The highest BCUT2D eigenvalue weighted by Gasteiger charge is 2.23. The maximum Gasteiger partial charge on any atom is 0.207 e. The van der Waals surface area contributed by atoms with Crippen LogP contribution in [0.3, 0.4) is 0 Å². The molecular formula is C20H20N6. The Balaban J connectivity index is 1.53. The highest BCUT2D eigenvalue weighted by molar-refractivity contribution is 5.53. The van der Waals surface area contributed by atoms with Crippen LogP contribution in [0.4, 0.5) is 11.5 Å².